The predicted octanol–water partition coefficient (Wildman–Crippen LogP) is 0.334. The topological polar surface area (TPSA) is 78.9 Å². The molecule has 15 heavy (non-hydrogen) atoms. The molecule has 0 aliphatic heterocycles. The molecule has 0 amide bonds. The van der Waals surface area contributed by atoms with Crippen LogP contribution in [0.4, 0.5) is 5.69 Å². The van der Waals surface area contributed by atoms with E-state index in [9.17, 15) is 0 Å². The standard InChI is InChI=1S/C9H11N5O/c10-8-1-2-9(11-7-8)15-6-5-14-4-3-12-13-14/h1-4,7H,5-6,10H2. The Morgan fingerprint density at radius 1 is 1.40 bits per heavy atom. The molecule has 0 atom stereocenters. The van der Waals surface area contributed by atoms with Crippen LogP contribution in [0.15, 0.2) is 30.7 Å². The van der Waals surface area contributed by atoms with Crippen LogP contribution in [-0.4, -0.2) is 26.6 Å². The molecule has 0 bridgehead atoms. The average molecular weight is 205 g/mol. The Balaban J connectivity index is 1.81. The van der Waals surface area contributed by atoms with Gasteiger partial charge in [0.05, 0.1) is 24.6 Å². The third kappa shape index (κ3) is 2.67. The van der Waals surface area contributed by atoms with Gasteiger partial charge in [-0.2, -0.15) is 0 Å². The van der Waals surface area contributed by atoms with Crippen molar-refractivity contribution in [2.75, 3.05) is 12.3 Å². The van der Waals surface area contributed by atoms with Gasteiger partial charge in [0.25, 0.3) is 0 Å². The van der Waals surface area contributed by atoms with E-state index in [1.807, 2.05) is 0 Å². The monoisotopic (exact) mass is 205 g/mol. The summed E-state index contributed by atoms with van der Waals surface area (Å²) in [6.45, 7) is 1.15. The highest BCUT2D eigenvalue weighted by Gasteiger charge is 1.95. The van der Waals surface area contributed by atoms with Gasteiger partial charge < -0.3 is 10.5 Å². The van der Waals surface area contributed by atoms with Gasteiger partial charge in [-0.05, 0) is 6.07 Å². The van der Waals surface area contributed by atoms with Crippen LogP contribution in [0.25, 0.3) is 0 Å². The van der Waals surface area contributed by atoms with Gasteiger partial charge in [-0.3, -0.25) is 0 Å². The zero-order valence-electron chi connectivity index (χ0n) is 8.08. The van der Waals surface area contributed by atoms with Gasteiger partial charge in [-0.25, -0.2) is 9.67 Å². The van der Waals surface area contributed by atoms with Crippen molar-refractivity contribution in [2.24, 2.45) is 0 Å². The fraction of sp³-hybridized carbons (Fsp3) is 0.222. The number of hydrogen-bond acceptors (Lipinski definition) is 5. The Bertz CT molecular complexity index is 397. The van der Waals surface area contributed by atoms with E-state index in [2.05, 4.69) is 15.3 Å². The first-order chi connectivity index (χ1) is 7.34. The molecule has 78 valence electrons. The number of aromatic nitrogens is 4. The summed E-state index contributed by atoms with van der Waals surface area (Å²) in [5.74, 6) is 0.560. The second kappa shape index (κ2) is 4.41. The van der Waals surface area contributed by atoms with E-state index in [4.69, 9.17) is 10.5 Å². The Morgan fingerprint density at radius 3 is 3.00 bits per heavy atom. The van der Waals surface area contributed by atoms with Crippen LogP contribution in [0.5, 0.6) is 5.88 Å². The lowest BCUT2D eigenvalue weighted by atomic mass is 10.4. The summed E-state index contributed by atoms with van der Waals surface area (Å²) in [6, 6.07) is 3.48. The van der Waals surface area contributed by atoms with Crippen LogP contribution in [0.3, 0.4) is 0 Å². The first-order valence-corrected chi connectivity index (χ1v) is 4.53. The number of nitrogen functional groups attached to an aromatic ring is 1. The van der Waals surface area contributed by atoms with Gasteiger partial charge in [0.1, 0.15) is 6.61 Å². The molecule has 0 fully saturated rings. The van der Waals surface area contributed by atoms with Crippen molar-refractivity contribution in [1.82, 2.24) is 20.0 Å². The average Bonchev–Trinajstić information content (AvgIpc) is 2.74. The molecule has 0 aliphatic rings. The van der Waals surface area contributed by atoms with Crippen molar-refractivity contribution in [3.8, 4) is 5.88 Å². The largest absolute Gasteiger partial charge is 0.476 e. The Labute approximate surface area is 86.7 Å². The smallest absolute Gasteiger partial charge is 0.213 e. The van der Waals surface area contributed by atoms with Crippen LogP contribution < -0.4 is 10.5 Å². The fourth-order valence-corrected chi connectivity index (χ4v) is 1.07. The van der Waals surface area contributed by atoms with E-state index in [1.54, 1.807) is 35.4 Å². The summed E-state index contributed by atoms with van der Waals surface area (Å²) < 4.78 is 7.07. The predicted molar refractivity (Wildman–Crippen MR) is 54.2 cm³/mol. The van der Waals surface area contributed by atoms with Crippen LogP contribution in [0.1, 0.15) is 0 Å². The van der Waals surface area contributed by atoms with Crippen LogP contribution >= 0.6 is 0 Å². The van der Waals surface area contributed by atoms with Crippen molar-refractivity contribution in [3.63, 3.8) is 0 Å². The highest BCUT2D eigenvalue weighted by molar-refractivity contribution is 5.35. The first-order valence-electron chi connectivity index (χ1n) is 4.53. The Morgan fingerprint density at radius 2 is 2.33 bits per heavy atom. The lowest BCUT2D eigenvalue weighted by Crippen LogP contribution is -2.09. The summed E-state index contributed by atoms with van der Waals surface area (Å²) in [5.41, 5.74) is 6.12. The SMILES string of the molecule is Nc1ccc(OCCn2ccnn2)nc1. The Kier molecular flexibility index (Phi) is 2.77. The quantitative estimate of drug-likeness (QED) is 0.778. The minimum absolute atomic E-state index is 0.500. The number of nitrogens with two attached hydrogens (primary N) is 1. The lowest BCUT2D eigenvalue weighted by Gasteiger charge is -2.04. The first kappa shape index (κ1) is 9.45. The van der Waals surface area contributed by atoms with Crippen molar-refractivity contribution in [2.45, 2.75) is 6.54 Å². The highest BCUT2D eigenvalue weighted by atomic mass is 16.5. The molecule has 0 radical (unpaired) electrons. The lowest BCUT2D eigenvalue weighted by molar-refractivity contribution is 0.279. The van der Waals surface area contributed by atoms with Crippen molar-refractivity contribution in [1.29, 1.82) is 0 Å². The number of ether oxygens (including phenoxy) is 1. The van der Waals surface area contributed by atoms with E-state index < -0.39 is 0 Å². The summed E-state index contributed by atoms with van der Waals surface area (Å²) in [6.07, 6.45) is 4.96. The molecule has 2 N–H and O–H groups in total. The molecule has 0 saturated heterocycles. The second-order valence-electron chi connectivity index (χ2n) is 2.94. The van der Waals surface area contributed by atoms with Gasteiger partial charge in [0.15, 0.2) is 0 Å². The number of anilines is 1. The maximum Gasteiger partial charge on any atom is 0.213 e. The fourth-order valence-electron chi connectivity index (χ4n) is 1.07. The molecule has 6 heteroatoms. The van der Waals surface area contributed by atoms with Gasteiger partial charge in [0.2, 0.25) is 5.88 Å². The number of pyridine rings is 1. The zero-order valence-corrected chi connectivity index (χ0v) is 8.08. The molecule has 2 rings (SSSR count). The van der Waals surface area contributed by atoms with Gasteiger partial charge in [-0.1, -0.05) is 5.21 Å². The molecule has 2 aromatic rings. The van der Waals surface area contributed by atoms with Crippen LogP contribution in [0.2, 0.25) is 0 Å². The van der Waals surface area contributed by atoms with E-state index in [0.29, 0.717) is 24.7 Å². The van der Waals surface area contributed by atoms with Crippen LogP contribution in [-0.2, 0) is 6.54 Å². The molecule has 0 saturated carbocycles. The van der Waals surface area contributed by atoms with Gasteiger partial charge in [0, 0.05) is 12.3 Å². The van der Waals surface area contributed by atoms with Gasteiger partial charge >= 0.3 is 0 Å². The molecule has 0 aliphatic carbocycles. The maximum atomic E-state index is 5.49. The molecule has 0 aromatic carbocycles. The molecule has 0 spiro atoms. The number of nitrogens with zero attached hydrogens (tertiary/aromatic N) is 4. The highest BCUT2D eigenvalue weighted by Crippen LogP contribution is 2.07. The second-order valence-corrected chi connectivity index (χ2v) is 2.94. The number of hydrogen-bond donors (Lipinski definition) is 1. The minimum atomic E-state index is 0.500. The summed E-state index contributed by atoms with van der Waals surface area (Å²) >= 11 is 0. The molecular formula is C9H11N5O. The third-order valence-electron chi connectivity index (χ3n) is 1.80. The summed E-state index contributed by atoms with van der Waals surface area (Å²) in [7, 11) is 0. The van der Waals surface area contributed by atoms with Crippen molar-refractivity contribution in [3.05, 3.63) is 30.7 Å². The van der Waals surface area contributed by atoms with E-state index in [0.717, 1.165) is 0 Å². The maximum absolute atomic E-state index is 5.49. The molecule has 2 aromatic heterocycles. The number of rotatable bonds is 4. The molecular weight excluding hydrogens is 194 g/mol. The van der Waals surface area contributed by atoms with Gasteiger partial charge in [-0.15, -0.1) is 5.10 Å². The summed E-state index contributed by atoms with van der Waals surface area (Å²) in [4.78, 5) is 4.00. The molecule has 6 nitrogen and oxygen atoms in total. The zero-order chi connectivity index (χ0) is 10.5. The Hall–Kier alpha value is -2.11. The molecule has 2 heterocycles. The van der Waals surface area contributed by atoms with Crippen molar-refractivity contribution >= 4 is 5.69 Å². The minimum Gasteiger partial charge on any atom is -0.476 e. The molecule has 0 unspecified atom stereocenters. The van der Waals surface area contributed by atoms with E-state index in [1.165, 1.54) is 0 Å². The normalized spacial score (nSPS) is 10.1. The van der Waals surface area contributed by atoms with E-state index >= 15 is 0 Å². The van der Waals surface area contributed by atoms with Crippen LogP contribution in [0, 0.1) is 0 Å². The van der Waals surface area contributed by atoms with Crippen molar-refractivity contribution < 1.29 is 4.74 Å². The summed E-state index contributed by atoms with van der Waals surface area (Å²) in [5, 5.41) is 7.49. The third-order valence-corrected chi connectivity index (χ3v) is 1.80. The van der Waals surface area contributed by atoms with E-state index in [-0.39, 0.29) is 0 Å².